The molecule has 15 heavy (non-hydrogen) atoms. The molecule has 0 fully saturated rings. The molecule has 0 saturated heterocycles. The molecule has 2 aromatic rings. The van der Waals surface area contributed by atoms with E-state index in [0.717, 1.165) is 5.56 Å². The van der Waals surface area contributed by atoms with Crippen molar-refractivity contribution in [3.05, 3.63) is 41.6 Å². The van der Waals surface area contributed by atoms with Crippen molar-refractivity contribution < 1.29 is 9.90 Å². The molecule has 0 amide bonds. The van der Waals surface area contributed by atoms with Crippen LogP contribution in [0.25, 0.3) is 10.9 Å². The molecule has 1 aromatic heterocycles. The van der Waals surface area contributed by atoms with Crippen molar-refractivity contribution in [2.75, 3.05) is 0 Å². The number of aromatic carboxylic acids is 1. The summed E-state index contributed by atoms with van der Waals surface area (Å²) in [6.45, 7) is 0. The van der Waals surface area contributed by atoms with E-state index in [-0.39, 0.29) is 5.56 Å². The Labute approximate surface area is 94.9 Å². The van der Waals surface area contributed by atoms with Gasteiger partial charge in [0.25, 0.3) is 0 Å². The first-order valence-corrected chi connectivity index (χ1v) is 5.50. The molecule has 1 heterocycles. The number of benzene rings is 1. The molecule has 0 unspecified atom stereocenters. The van der Waals surface area contributed by atoms with Crippen LogP contribution in [-0.4, -0.2) is 11.0 Å². The molecule has 3 nitrogen and oxygen atoms in total. The zero-order valence-corrected chi connectivity index (χ0v) is 9.32. The lowest BCUT2D eigenvalue weighted by Crippen LogP contribution is -2.22. The van der Waals surface area contributed by atoms with Crippen molar-refractivity contribution >= 4 is 32.8 Å². The minimum Gasteiger partial charge on any atom is -0.545 e. The molecular weight excluding hydrogens is 258 g/mol. The predicted octanol–water partition coefficient (Wildman–Crippen LogP) is 1.49. The summed E-state index contributed by atoms with van der Waals surface area (Å²) in [5.41, 5.74) is 1.86. The van der Waals surface area contributed by atoms with Crippen molar-refractivity contribution in [2.45, 2.75) is 5.33 Å². The van der Waals surface area contributed by atoms with Crippen LogP contribution < -0.4 is 5.11 Å². The summed E-state index contributed by atoms with van der Waals surface area (Å²) in [6.07, 6.45) is 1.65. The Hall–Kier alpha value is -1.42. The third-order valence-electron chi connectivity index (χ3n) is 2.22. The van der Waals surface area contributed by atoms with Gasteiger partial charge in [-0.3, -0.25) is 4.98 Å². The zero-order chi connectivity index (χ0) is 10.8. The molecule has 0 bridgehead atoms. The van der Waals surface area contributed by atoms with E-state index in [1.54, 1.807) is 30.5 Å². The Bertz CT molecular complexity index is 525. The number of carboxylic acid groups (broad SMARTS) is 1. The van der Waals surface area contributed by atoms with Gasteiger partial charge >= 0.3 is 0 Å². The molecule has 0 aliphatic rings. The molecule has 0 atom stereocenters. The van der Waals surface area contributed by atoms with Crippen molar-refractivity contribution in [3.8, 4) is 0 Å². The van der Waals surface area contributed by atoms with Gasteiger partial charge < -0.3 is 9.90 Å². The third kappa shape index (κ3) is 1.72. The van der Waals surface area contributed by atoms with Crippen LogP contribution in [-0.2, 0) is 5.33 Å². The van der Waals surface area contributed by atoms with Crippen LogP contribution in [0.2, 0.25) is 0 Å². The molecule has 0 aliphatic carbocycles. The van der Waals surface area contributed by atoms with Gasteiger partial charge in [-0.1, -0.05) is 34.1 Å². The molecule has 2 rings (SSSR count). The molecule has 1 aromatic carbocycles. The highest BCUT2D eigenvalue weighted by atomic mass is 79.9. The van der Waals surface area contributed by atoms with Crippen LogP contribution in [0.3, 0.4) is 0 Å². The van der Waals surface area contributed by atoms with Crippen LogP contribution >= 0.6 is 15.9 Å². The molecule has 0 aliphatic heterocycles. The normalized spacial score (nSPS) is 10.5. The van der Waals surface area contributed by atoms with Crippen LogP contribution in [0.5, 0.6) is 0 Å². The first-order chi connectivity index (χ1) is 7.24. The molecule has 0 radical (unpaired) electrons. The van der Waals surface area contributed by atoms with Crippen LogP contribution in [0.4, 0.5) is 0 Å². The van der Waals surface area contributed by atoms with Crippen molar-refractivity contribution in [1.82, 2.24) is 4.98 Å². The number of pyridine rings is 1. The maximum absolute atomic E-state index is 10.9. The lowest BCUT2D eigenvalue weighted by Gasteiger charge is -2.09. The van der Waals surface area contributed by atoms with E-state index in [0.29, 0.717) is 16.2 Å². The summed E-state index contributed by atoms with van der Waals surface area (Å²) in [7, 11) is 0. The minimum atomic E-state index is -1.17. The smallest absolute Gasteiger partial charge is 0.0749 e. The molecule has 0 spiro atoms. The Morgan fingerprint density at radius 3 is 2.87 bits per heavy atom. The van der Waals surface area contributed by atoms with Gasteiger partial charge in [0.1, 0.15) is 0 Å². The maximum atomic E-state index is 10.9. The van der Waals surface area contributed by atoms with Gasteiger partial charge in [0.15, 0.2) is 0 Å². The van der Waals surface area contributed by atoms with Crippen LogP contribution in [0.15, 0.2) is 30.5 Å². The van der Waals surface area contributed by atoms with Crippen molar-refractivity contribution in [3.63, 3.8) is 0 Å². The first-order valence-electron chi connectivity index (χ1n) is 4.38. The number of carbonyl (C=O) groups excluding carboxylic acids is 1. The Morgan fingerprint density at radius 1 is 1.40 bits per heavy atom. The molecule has 0 N–H and O–H groups in total. The molecular formula is C11H7BrNO2-. The quantitative estimate of drug-likeness (QED) is 0.773. The largest absolute Gasteiger partial charge is 0.545 e. The van der Waals surface area contributed by atoms with E-state index in [1.165, 1.54) is 0 Å². The van der Waals surface area contributed by atoms with Gasteiger partial charge in [-0.25, -0.2) is 0 Å². The van der Waals surface area contributed by atoms with E-state index < -0.39 is 5.97 Å². The van der Waals surface area contributed by atoms with E-state index in [4.69, 9.17) is 0 Å². The van der Waals surface area contributed by atoms with Gasteiger partial charge in [0.05, 0.1) is 11.5 Å². The second-order valence-electron chi connectivity index (χ2n) is 3.09. The SMILES string of the molecule is O=C([O-])c1ccc(CBr)c2ncccc12. The van der Waals surface area contributed by atoms with Gasteiger partial charge in [0.2, 0.25) is 0 Å². The van der Waals surface area contributed by atoms with Crippen molar-refractivity contribution in [2.24, 2.45) is 0 Å². The Kier molecular flexibility index (Phi) is 2.68. The molecule has 4 heteroatoms. The number of fused-ring (bicyclic) bond motifs is 1. The summed E-state index contributed by atoms with van der Waals surface area (Å²) in [5.74, 6) is -1.17. The number of halogens is 1. The number of carboxylic acids is 1. The number of rotatable bonds is 2. The number of nitrogens with zero attached hydrogens (tertiary/aromatic N) is 1. The lowest BCUT2D eigenvalue weighted by molar-refractivity contribution is -0.254. The highest BCUT2D eigenvalue weighted by Crippen LogP contribution is 2.22. The topological polar surface area (TPSA) is 53.0 Å². The number of alkyl halides is 1. The van der Waals surface area contributed by atoms with Gasteiger partial charge in [-0.2, -0.15) is 0 Å². The average molecular weight is 265 g/mol. The number of carbonyl (C=O) groups is 1. The highest BCUT2D eigenvalue weighted by Gasteiger charge is 2.06. The van der Waals surface area contributed by atoms with Gasteiger partial charge in [-0.05, 0) is 11.6 Å². The second-order valence-corrected chi connectivity index (χ2v) is 3.65. The summed E-state index contributed by atoms with van der Waals surface area (Å²) in [6, 6.07) is 6.75. The standard InChI is InChI=1S/C11H8BrNO2/c12-6-7-3-4-9(11(14)15)8-2-1-5-13-10(7)8/h1-5H,6H2,(H,14,15)/p-1. The third-order valence-corrected chi connectivity index (χ3v) is 2.82. The number of hydrogen-bond donors (Lipinski definition) is 0. The fraction of sp³-hybridized carbons (Fsp3) is 0.0909. The fourth-order valence-corrected chi connectivity index (χ4v) is 1.97. The molecule has 76 valence electrons. The minimum absolute atomic E-state index is 0.183. The first kappa shape index (κ1) is 10.1. The monoisotopic (exact) mass is 264 g/mol. The second kappa shape index (κ2) is 3.98. The maximum Gasteiger partial charge on any atom is 0.0749 e. The van der Waals surface area contributed by atoms with E-state index in [2.05, 4.69) is 20.9 Å². The van der Waals surface area contributed by atoms with Gasteiger partial charge in [0, 0.05) is 22.5 Å². The summed E-state index contributed by atoms with van der Waals surface area (Å²) in [4.78, 5) is 15.0. The van der Waals surface area contributed by atoms with E-state index in [9.17, 15) is 9.90 Å². The molecule has 0 saturated carbocycles. The number of aromatic nitrogens is 1. The highest BCUT2D eigenvalue weighted by molar-refractivity contribution is 9.08. The lowest BCUT2D eigenvalue weighted by atomic mass is 10.1. The van der Waals surface area contributed by atoms with E-state index >= 15 is 0 Å². The number of hydrogen-bond acceptors (Lipinski definition) is 3. The fourth-order valence-electron chi connectivity index (χ4n) is 1.52. The van der Waals surface area contributed by atoms with E-state index in [1.807, 2.05) is 0 Å². The Morgan fingerprint density at radius 2 is 2.20 bits per heavy atom. The van der Waals surface area contributed by atoms with Crippen molar-refractivity contribution in [1.29, 1.82) is 0 Å². The van der Waals surface area contributed by atoms with Gasteiger partial charge in [-0.15, -0.1) is 0 Å². The zero-order valence-electron chi connectivity index (χ0n) is 7.74. The predicted molar refractivity (Wildman–Crippen MR) is 58.7 cm³/mol. The summed E-state index contributed by atoms with van der Waals surface area (Å²) < 4.78 is 0. The average Bonchev–Trinajstić information content (AvgIpc) is 2.27. The van der Waals surface area contributed by atoms with Crippen LogP contribution in [0, 0.1) is 0 Å². The summed E-state index contributed by atoms with van der Waals surface area (Å²) in [5, 5.41) is 12.1. The van der Waals surface area contributed by atoms with Crippen LogP contribution in [0.1, 0.15) is 15.9 Å². The Balaban J connectivity index is 2.83. The summed E-state index contributed by atoms with van der Waals surface area (Å²) >= 11 is 3.34.